The Morgan fingerprint density at radius 2 is 2.12 bits per heavy atom. The molecule has 0 unspecified atom stereocenters. The molecule has 1 fully saturated rings. The lowest BCUT2D eigenvalue weighted by Gasteiger charge is -2.44. The van der Waals surface area contributed by atoms with Crippen molar-refractivity contribution in [2.75, 3.05) is 37.3 Å². The third-order valence-corrected chi connectivity index (χ3v) is 6.09. The number of aromatic nitrogens is 2. The number of anilines is 1. The Morgan fingerprint density at radius 3 is 2.76 bits per heavy atom. The van der Waals surface area contributed by atoms with E-state index in [9.17, 15) is 4.79 Å². The van der Waals surface area contributed by atoms with Crippen LogP contribution in [0.5, 0.6) is 0 Å². The van der Waals surface area contributed by atoms with Gasteiger partial charge in [0.1, 0.15) is 12.1 Å². The summed E-state index contributed by atoms with van der Waals surface area (Å²) in [6.07, 6.45) is 3.90. The first-order valence-corrected chi connectivity index (χ1v) is 9.75. The molecule has 3 aliphatic rings. The topological polar surface area (TPSA) is 44.6 Å². The van der Waals surface area contributed by atoms with E-state index in [1.54, 1.807) is 11.9 Å². The molecule has 0 saturated carbocycles. The number of nitrogens with zero attached hydrogens (tertiary/aromatic N) is 5. The molecule has 3 aliphatic heterocycles. The van der Waals surface area contributed by atoms with Crippen molar-refractivity contribution in [2.24, 2.45) is 0 Å². The molecule has 0 spiro atoms. The summed E-state index contributed by atoms with van der Waals surface area (Å²) in [6, 6.07) is 2.52. The number of carbonyl (C=O) groups excluding carboxylic acids is 1. The third kappa shape index (κ3) is 2.37. The number of aldehydes is 1. The summed E-state index contributed by atoms with van der Waals surface area (Å²) in [7, 11) is 0. The van der Waals surface area contributed by atoms with Gasteiger partial charge in [-0.05, 0) is 12.7 Å². The monoisotopic (exact) mass is 357 g/mol. The minimum atomic E-state index is 0.301. The van der Waals surface area contributed by atoms with Gasteiger partial charge in [0.15, 0.2) is 0 Å². The van der Waals surface area contributed by atoms with Gasteiger partial charge in [-0.1, -0.05) is 32.0 Å². The highest BCUT2D eigenvalue weighted by atomic mass is 32.2. The highest BCUT2D eigenvalue weighted by Gasteiger charge is 2.42. The number of hydrogen-bond donors (Lipinski definition) is 0. The predicted octanol–water partition coefficient (Wildman–Crippen LogP) is 1.98. The molecule has 7 heteroatoms. The molecule has 0 aliphatic carbocycles. The van der Waals surface area contributed by atoms with Crippen LogP contribution in [0.4, 0.5) is 5.82 Å². The van der Waals surface area contributed by atoms with Crippen LogP contribution in [0.15, 0.2) is 36.2 Å². The molecule has 1 aromatic heterocycles. The summed E-state index contributed by atoms with van der Waals surface area (Å²) in [5.41, 5.74) is 5.07. The van der Waals surface area contributed by atoms with Crippen molar-refractivity contribution in [3.63, 3.8) is 0 Å². The maximum absolute atomic E-state index is 11.3. The van der Waals surface area contributed by atoms with Crippen LogP contribution >= 0.6 is 11.9 Å². The summed E-state index contributed by atoms with van der Waals surface area (Å²) < 4.78 is 4.22. The third-order valence-electron chi connectivity index (χ3n) is 5.27. The lowest BCUT2D eigenvalue weighted by Crippen LogP contribution is -2.55. The van der Waals surface area contributed by atoms with Crippen LogP contribution in [0.25, 0.3) is 5.70 Å². The SMILES string of the molecule is C=C1C2=C(CN1C1CN(SC)C1)C(=C)n1nc(CC)cc1N2CC=O. The maximum atomic E-state index is 11.3. The normalized spacial score (nSPS) is 20.9. The van der Waals surface area contributed by atoms with Gasteiger partial charge in [0.25, 0.3) is 0 Å². The second-order valence-electron chi connectivity index (χ2n) is 6.57. The van der Waals surface area contributed by atoms with Gasteiger partial charge in [-0.25, -0.2) is 8.99 Å². The fraction of sp³-hybridized carbons (Fsp3) is 0.444. The van der Waals surface area contributed by atoms with Crippen molar-refractivity contribution in [3.05, 3.63) is 41.9 Å². The molecule has 25 heavy (non-hydrogen) atoms. The van der Waals surface area contributed by atoms with Crippen LogP contribution in [0, 0.1) is 0 Å². The molecule has 1 aromatic rings. The van der Waals surface area contributed by atoms with E-state index in [4.69, 9.17) is 0 Å². The summed E-state index contributed by atoms with van der Waals surface area (Å²) in [5, 5.41) is 4.66. The summed E-state index contributed by atoms with van der Waals surface area (Å²) in [5.74, 6) is 0.912. The maximum Gasteiger partial charge on any atom is 0.139 e. The van der Waals surface area contributed by atoms with Gasteiger partial charge in [-0.15, -0.1) is 0 Å². The Labute approximate surface area is 152 Å². The van der Waals surface area contributed by atoms with Gasteiger partial charge >= 0.3 is 0 Å². The van der Waals surface area contributed by atoms with Crippen molar-refractivity contribution < 1.29 is 4.79 Å². The number of hydrogen-bond acceptors (Lipinski definition) is 6. The van der Waals surface area contributed by atoms with E-state index in [1.807, 2.05) is 15.6 Å². The molecule has 1 saturated heterocycles. The molecule has 0 amide bonds. The molecule has 4 heterocycles. The van der Waals surface area contributed by atoms with Crippen molar-refractivity contribution in [3.8, 4) is 0 Å². The van der Waals surface area contributed by atoms with Crippen LogP contribution < -0.4 is 4.90 Å². The van der Waals surface area contributed by atoms with Crippen LogP contribution in [0.1, 0.15) is 12.6 Å². The molecule has 0 aromatic carbocycles. The lowest BCUT2D eigenvalue weighted by molar-refractivity contribution is -0.106. The largest absolute Gasteiger partial charge is 0.360 e. The van der Waals surface area contributed by atoms with E-state index in [0.29, 0.717) is 12.6 Å². The Balaban J connectivity index is 1.68. The Hall–Kier alpha value is -1.99. The van der Waals surface area contributed by atoms with Crippen LogP contribution in [0.3, 0.4) is 0 Å². The van der Waals surface area contributed by atoms with Gasteiger partial charge in [0.05, 0.1) is 35.4 Å². The second-order valence-corrected chi connectivity index (χ2v) is 7.45. The summed E-state index contributed by atoms with van der Waals surface area (Å²) in [4.78, 5) is 15.7. The molecule has 0 bridgehead atoms. The quantitative estimate of drug-likeness (QED) is 0.593. The van der Waals surface area contributed by atoms with E-state index in [2.05, 4.69) is 40.6 Å². The van der Waals surface area contributed by atoms with Gasteiger partial charge in [-0.3, -0.25) is 0 Å². The molecule has 6 nitrogen and oxygen atoms in total. The summed E-state index contributed by atoms with van der Waals surface area (Å²) in [6.45, 7) is 13.9. The number of fused-ring (bicyclic) bond motifs is 1. The van der Waals surface area contributed by atoms with E-state index in [1.165, 1.54) is 0 Å². The van der Waals surface area contributed by atoms with Crippen molar-refractivity contribution in [1.29, 1.82) is 0 Å². The van der Waals surface area contributed by atoms with Gasteiger partial charge < -0.3 is 14.6 Å². The van der Waals surface area contributed by atoms with Gasteiger partial charge in [0, 0.05) is 31.3 Å². The zero-order valence-corrected chi connectivity index (χ0v) is 15.6. The fourth-order valence-corrected chi connectivity index (χ4v) is 4.44. The minimum absolute atomic E-state index is 0.301. The fourth-order valence-electron chi connectivity index (χ4n) is 3.79. The first kappa shape index (κ1) is 16.5. The van der Waals surface area contributed by atoms with E-state index in [0.717, 1.165) is 66.5 Å². The second kappa shape index (κ2) is 6.07. The zero-order valence-electron chi connectivity index (χ0n) is 14.7. The first-order valence-electron chi connectivity index (χ1n) is 8.56. The standard InChI is InChI=1S/C18H23N5OS/c1-5-14-8-17-21(6-7-24)18-13(3)22(15-9-20(10-15)25-4)11-16(18)12(2)23(17)19-14/h7-8,15H,2-3,5-6,9-11H2,1,4H3. The highest BCUT2D eigenvalue weighted by molar-refractivity contribution is 7.96. The van der Waals surface area contributed by atoms with Gasteiger partial charge in [-0.2, -0.15) is 5.10 Å². The first-order chi connectivity index (χ1) is 12.1. The summed E-state index contributed by atoms with van der Waals surface area (Å²) >= 11 is 1.78. The number of aryl methyl sites for hydroxylation is 1. The predicted molar refractivity (Wildman–Crippen MR) is 102 cm³/mol. The van der Waals surface area contributed by atoms with Crippen LogP contribution in [-0.4, -0.2) is 63.7 Å². The lowest BCUT2D eigenvalue weighted by atomic mass is 10.1. The molecular formula is C18H23N5OS. The molecule has 132 valence electrons. The Morgan fingerprint density at radius 1 is 1.36 bits per heavy atom. The highest BCUT2D eigenvalue weighted by Crippen LogP contribution is 2.44. The minimum Gasteiger partial charge on any atom is -0.360 e. The molecule has 0 N–H and O–H groups in total. The van der Waals surface area contributed by atoms with Crippen molar-refractivity contribution in [1.82, 2.24) is 19.0 Å². The van der Waals surface area contributed by atoms with E-state index >= 15 is 0 Å². The molecule has 0 radical (unpaired) electrons. The van der Waals surface area contributed by atoms with E-state index in [-0.39, 0.29) is 0 Å². The van der Waals surface area contributed by atoms with Crippen LogP contribution in [-0.2, 0) is 11.2 Å². The zero-order chi connectivity index (χ0) is 17.7. The Kier molecular flexibility index (Phi) is 4.00. The van der Waals surface area contributed by atoms with E-state index < -0.39 is 0 Å². The van der Waals surface area contributed by atoms with Crippen molar-refractivity contribution in [2.45, 2.75) is 19.4 Å². The van der Waals surface area contributed by atoms with Crippen LogP contribution in [0.2, 0.25) is 0 Å². The van der Waals surface area contributed by atoms with Gasteiger partial charge in [0.2, 0.25) is 0 Å². The molecule has 0 atom stereocenters. The number of rotatable bonds is 5. The average molecular weight is 357 g/mol. The molecule has 4 rings (SSSR count). The average Bonchev–Trinajstić information content (AvgIpc) is 3.14. The number of carbonyl (C=O) groups is 1. The van der Waals surface area contributed by atoms with Crippen molar-refractivity contribution >= 4 is 29.7 Å². The molecular weight excluding hydrogens is 334 g/mol. The Bertz CT molecular complexity index is 789. The smallest absolute Gasteiger partial charge is 0.139 e.